The average Bonchev–Trinajstić information content (AvgIpc) is 2.46. The lowest BCUT2D eigenvalue weighted by atomic mass is 10.1. The van der Waals surface area contributed by atoms with Crippen LogP contribution in [0.2, 0.25) is 0 Å². The van der Waals surface area contributed by atoms with E-state index in [9.17, 15) is 0 Å². The Morgan fingerprint density at radius 3 is 2.47 bits per heavy atom. The van der Waals surface area contributed by atoms with Crippen molar-refractivity contribution in [2.75, 3.05) is 0 Å². The number of aryl methyl sites for hydroxylation is 4. The zero-order valence-corrected chi connectivity index (χ0v) is 10.3. The van der Waals surface area contributed by atoms with Gasteiger partial charge in [-0.1, -0.05) is 6.07 Å². The van der Waals surface area contributed by atoms with E-state index in [0.29, 0.717) is 0 Å². The third-order valence-corrected chi connectivity index (χ3v) is 3.50. The van der Waals surface area contributed by atoms with Crippen molar-refractivity contribution >= 4 is 11.0 Å². The fraction of sp³-hybridized carbons (Fsp3) is 0.462. The van der Waals surface area contributed by atoms with Crippen LogP contribution >= 0.6 is 0 Å². The molecular formula is C13H19N2+. The van der Waals surface area contributed by atoms with Gasteiger partial charge >= 0.3 is 0 Å². The summed E-state index contributed by atoms with van der Waals surface area (Å²) >= 11 is 0. The van der Waals surface area contributed by atoms with Crippen molar-refractivity contribution < 1.29 is 4.57 Å². The first-order valence-electron chi connectivity index (χ1n) is 5.53. The molecule has 0 saturated heterocycles. The maximum absolute atomic E-state index is 2.36. The van der Waals surface area contributed by atoms with Gasteiger partial charge in [-0.05, 0) is 32.4 Å². The Hall–Kier alpha value is -1.31. The average molecular weight is 203 g/mol. The SMILES string of the molecule is CCn1c(C)[n+](C)c2c(C)c(C)ccc21. The number of rotatable bonds is 1. The van der Waals surface area contributed by atoms with E-state index < -0.39 is 0 Å². The Labute approximate surface area is 91.2 Å². The van der Waals surface area contributed by atoms with E-state index in [-0.39, 0.29) is 0 Å². The lowest BCUT2D eigenvalue weighted by molar-refractivity contribution is -0.652. The number of aromatic nitrogens is 2. The second kappa shape index (κ2) is 3.37. The number of hydrogen-bond donors (Lipinski definition) is 0. The lowest BCUT2D eigenvalue weighted by Crippen LogP contribution is -2.31. The summed E-state index contributed by atoms with van der Waals surface area (Å²) in [7, 11) is 2.15. The number of benzene rings is 1. The second-order valence-electron chi connectivity index (χ2n) is 4.23. The van der Waals surface area contributed by atoms with Crippen LogP contribution in [-0.4, -0.2) is 4.57 Å². The van der Waals surface area contributed by atoms with Crippen molar-refractivity contribution in [2.24, 2.45) is 7.05 Å². The van der Waals surface area contributed by atoms with Crippen LogP contribution in [0.15, 0.2) is 12.1 Å². The minimum atomic E-state index is 1.03. The molecule has 0 unspecified atom stereocenters. The molecule has 2 rings (SSSR count). The molecule has 2 heteroatoms. The number of hydrogen-bond acceptors (Lipinski definition) is 0. The highest BCUT2D eigenvalue weighted by atomic mass is 15.1. The molecule has 0 fully saturated rings. The van der Waals surface area contributed by atoms with E-state index in [0.717, 1.165) is 6.54 Å². The van der Waals surface area contributed by atoms with Crippen LogP contribution in [0.4, 0.5) is 0 Å². The molecule has 0 atom stereocenters. The molecular weight excluding hydrogens is 184 g/mol. The van der Waals surface area contributed by atoms with E-state index in [2.05, 4.69) is 56.0 Å². The maximum Gasteiger partial charge on any atom is 0.253 e. The van der Waals surface area contributed by atoms with Gasteiger partial charge in [0.05, 0.1) is 13.6 Å². The van der Waals surface area contributed by atoms with Crippen molar-refractivity contribution in [1.29, 1.82) is 0 Å². The van der Waals surface area contributed by atoms with Gasteiger partial charge in [-0.15, -0.1) is 0 Å². The third kappa shape index (κ3) is 1.28. The monoisotopic (exact) mass is 203 g/mol. The molecule has 0 radical (unpaired) electrons. The Bertz CT molecular complexity index is 521. The molecule has 0 spiro atoms. The summed E-state index contributed by atoms with van der Waals surface area (Å²) in [5.74, 6) is 1.32. The largest absolute Gasteiger partial charge is 0.253 e. The van der Waals surface area contributed by atoms with Crippen molar-refractivity contribution in [1.82, 2.24) is 4.57 Å². The van der Waals surface area contributed by atoms with E-state index >= 15 is 0 Å². The van der Waals surface area contributed by atoms with Crippen molar-refractivity contribution in [2.45, 2.75) is 34.2 Å². The van der Waals surface area contributed by atoms with Gasteiger partial charge in [-0.25, -0.2) is 9.13 Å². The third-order valence-electron chi connectivity index (χ3n) is 3.50. The standard InChI is InChI=1S/C13H19N2/c1-6-15-11(4)14(5)13-10(3)9(2)7-8-12(13)15/h7-8H,6H2,1-5H3/q+1. The Morgan fingerprint density at radius 1 is 1.20 bits per heavy atom. The molecule has 0 bridgehead atoms. The molecule has 1 heterocycles. The van der Waals surface area contributed by atoms with Gasteiger partial charge in [0.2, 0.25) is 0 Å². The molecule has 2 aromatic rings. The Balaban J connectivity index is 2.97. The van der Waals surface area contributed by atoms with Crippen molar-refractivity contribution in [3.63, 3.8) is 0 Å². The van der Waals surface area contributed by atoms with E-state index in [1.54, 1.807) is 0 Å². The zero-order chi connectivity index (χ0) is 11.2. The number of nitrogens with zero attached hydrogens (tertiary/aromatic N) is 2. The molecule has 15 heavy (non-hydrogen) atoms. The van der Waals surface area contributed by atoms with E-state index in [1.807, 2.05) is 0 Å². The smallest absolute Gasteiger partial charge is 0.230 e. The van der Waals surface area contributed by atoms with Gasteiger partial charge in [0, 0.05) is 12.5 Å². The lowest BCUT2D eigenvalue weighted by Gasteiger charge is -1.99. The summed E-state index contributed by atoms with van der Waals surface area (Å²) in [6, 6.07) is 4.44. The molecule has 1 aromatic carbocycles. The molecule has 0 N–H and O–H groups in total. The Morgan fingerprint density at radius 2 is 1.87 bits per heavy atom. The van der Waals surface area contributed by atoms with E-state index in [1.165, 1.54) is 28.0 Å². The number of fused-ring (bicyclic) bond motifs is 1. The first-order valence-corrected chi connectivity index (χ1v) is 5.53. The predicted molar refractivity (Wildman–Crippen MR) is 63.0 cm³/mol. The molecule has 0 aliphatic rings. The Kier molecular flexibility index (Phi) is 2.29. The van der Waals surface area contributed by atoms with Gasteiger partial charge in [-0.3, -0.25) is 0 Å². The fourth-order valence-electron chi connectivity index (χ4n) is 2.34. The van der Waals surface area contributed by atoms with Crippen LogP contribution in [0, 0.1) is 20.8 Å². The molecule has 0 amide bonds. The van der Waals surface area contributed by atoms with Crippen LogP contribution < -0.4 is 4.57 Å². The van der Waals surface area contributed by atoms with Crippen molar-refractivity contribution in [3.8, 4) is 0 Å². The minimum Gasteiger partial charge on any atom is -0.230 e. The summed E-state index contributed by atoms with van der Waals surface area (Å²) in [6.45, 7) is 9.79. The first-order chi connectivity index (χ1) is 7.07. The topological polar surface area (TPSA) is 8.81 Å². The summed E-state index contributed by atoms with van der Waals surface area (Å²) in [4.78, 5) is 0. The van der Waals surface area contributed by atoms with E-state index in [4.69, 9.17) is 0 Å². The van der Waals surface area contributed by atoms with Crippen LogP contribution in [0.3, 0.4) is 0 Å². The molecule has 80 valence electrons. The van der Waals surface area contributed by atoms with Crippen LogP contribution in [0.1, 0.15) is 23.9 Å². The second-order valence-corrected chi connectivity index (χ2v) is 4.23. The highest BCUT2D eigenvalue weighted by molar-refractivity contribution is 5.77. The molecule has 2 nitrogen and oxygen atoms in total. The quantitative estimate of drug-likeness (QED) is 0.629. The highest BCUT2D eigenvalue weighted by Crippen LogP contribution is 2.20. The summed E-state index contributed by atoms with van der Waals surface area (Å²) in [5.41, 5.74) is 5.48. The highest BCUT2D eigenvalue weighted by Gasteiger charge is 2.19. The van der Waals surface area contributed by atoms with Crippen molar-refractivity contribution in [3.05, 3.63) is 29.1 Å². The zero-order valence-electron chi connectivity index (χ0n) is 10.3. The summed E-state index contributed by atoms with van der Waals surface area (Å²) < 4.78 is 4.66. The molecule has 0 saturated carbocycles. The maximum atomic E-state index is 2.36. The van der Waals surface area contributed by atoms with Gasteiger partial charge in [0.15, 0.2) is 11.0 Å². The normalized spacial score (nSPS) is 11.3. The summed E-state index contributed by atoms with van der Waals surface area (Å²) in [6.07, 6.45) is 0. The van der Waals surface area contributed by atoms with Gasteiger partial charge in [-0.2, -0.15) is 0 Å². The van der Waals surface area contributed by atoms with Gasteiger partial charge < -0.3 is 0 Å². The fourth-order valence-corrected chi connectivity index (χ4v) is 2.34. The van der Waals surface area contributed by atoms with Gasteiger partial charge in [0.25, 0.3) is 5.82 Å². The predicted octanol–water partition coefficient (Wildman–Crippen LogP) is 2.41. The first kappa shape index (κ1) is 10.2. The number of imidazole rings is 1. The molecule has 1 aromatic heterocycles. The van der Waals surface area contributed by atoms with Crippen LogP contribution in [0.5, 0.6) is 0 Å². The van der Waals surface area contributed by atoms with Crippen LogP contribution in [0.25, 0.3) is 11.0 Å². The van der Waals surface area contributed by atoms with Gasteiger partial charge in [0.1, 0.15) is 0 Å². The van der Waals surface area contributed by atoms with Crippen LogP contribution in [-0.2, 0) is 13.6 Å². The molecule has 0 aliphatic carbocycles. The minimum absolute atomic E-state index is 1.03. The summed E-state index contributed by atoms with van der Waals surface area (Å²) in [5, 5.41) is 0. The molecule has 0 aliphatic heterocycles.